The largest absolute Gasteiger partial charge is 0.481 e. The molecule has 0 saturated heterocycles. The molecule has 1 unspecified atom stereocenters. The number of rotatable bonds is 5. The first-order chi connectivity index (χ1) is 7.61. The van der Waals surface area contributed by atoms with Gasteiger partial charge in [0.25, 0.3) is 0 Å². The molecular formula is C13H19NO2. The molecule has 1 aromatic rings. The lowest BCUT2D eigenvalue weighted by Gasteiger charge is -2.22. The normalized spacial score (nSPS) is 12.7. The summed E-state index contributed by atoms with van der Waals surface area (Å²) in [7, 11) is 0. The zero-order valence-electron chi connectivity index (χ0n) is 9.81. The lowest BCUT2D eigenvalue weighted by atomic mass is 9.82. The minimum absolute atomic E-state index is 0.141. The molecule has 0 saturated carbocycles. The van der Waals surface area contributed by atoms with Crippen molar-refractivity contribution >= 4 is 11.7 Å². The van der Waals surface area contributed by atoms with Crippen LogP contribution in [-0.4, -0.2) is 11.1 Å². The number of carboxylic acids is 1. The predicted octanol–water partition coefficient (Wildman–Crippen LogP) is 2.87. The summed E-state index contributed by atoms with van der Waals surface area (Å²) in [4.78, 5) is 11.4. The summed E-state index contributed by atoms with van der Waals surface area (Å²) in [5.74, 6) is -1.13. The molecule has 3 nitrogen and oxygen atoms in total. The molecule has 3 N–H and O–H groups in total. The van der Waals surface area contributed by atoms with Crippen molar-refractivity contribution < 1.29 is 9.90 Å². The van der Waals surface area contributed by atoms with Crippen LogP contribution in [0.3, 0.4) is 0 Å². The predicted molar refractivity (Wildman–Crippen MR) is 65.3 cm³/mol. The number of hydrogen-bond acceptors (Lipinski definition) is 2. The third-order valence-electron chi connectivity index (χ3n) is 3.12. The van der Waals surface area contributed by atoms with E-state index in [4.69, 9.17) is 5.73 Å². The Balaban J connectivity index is 3.12. The zero-order chi connectivity index (χ0) is 12.1. The fraction of sp³-hybridized carbons (Fsp3) is 0.462. The van der Waals surface area contributed by atoms with E-state index in [1.54, 1.807) is 6.07 Å². The van der Waals surface area contributed by atoms with Crippen LogP contribution < -0.4 is 5.73 Å². The molecule has 0 spiro atoms. The van der Waals surface area contributed by atoms with Crippen molar-refractivity contribution in [2.24, 2.45) is 5.92 Å². The first-order valence-corrected chi connectivity index (χ1v) is 5.69. The first kappa shape index (κ1) is 12.6. The second-order valence-corrected chi connectivity index (χ2v) is 4.02. The number of nitrogen functional groups attached to an aromatic ring is 1. The van der Waals surface area contributed by atoms with Gasteiger partial charge in [-0.05, 0) is 17.5 Å². The van der Waals surface area contributed by atoms with E-state index in [2.05, 4.69) is 0 Å². The second kappa shape index (κ2) is 5.54. The molecule has 0 amide bonds. The molecule has 0 aliphatic heterocycles. The maximum absolute atomic E-state index is 11.4. The summed E-state index contributed by atoms with van der Waals surface area (Å²) in [6, 6.07) is 7.23. The standard InChI is InChI=1S/C13H19NO2/c1-3-9(4-2)12(13(15)16)10-7-5-6-8-11(10)14/h5-9,12H,3-4,14H2,1-2H3,(H,15,16). The molecule has 1 aromatic carbocycles. The highest BCUT2D eigenvalue weighted by Crippen LogP contribution is 2.33. The maximum Gasteiger partial charge on any atom is 0.311 e. The van der Waals surface area contributed by atoms with Gasteiger partial charge in [-0.15, -0.1) is 0 Å². The Morgan fingerprint density at radius 3 is 2.31 bits per heavy atom. The monoisotopic (exact) mass is 221 g/mol. The van der Waals surface area contributed by atoms with E-state index in [1.165, 1.54) is 0 Å². The molecule has 1 atom stereocenters. The quantitative estimate of drug-likeness (QED) is 0.751. The van der Waals surface area contributed by atoms with E-state index in [0.717, 1.165) is 18.4 Å². The fourth-order valence-corrected chi connectivity index (χ4v) is 2.14. The molecule has 88 valence electrons. The highest BCUT2D eigenvalue weighted by atomic mass is 16.4. The van der Waals surface area contributed by atoms with Gasteiger partial charge in [-0.25, -0.2) is 0 Å². The number of hydrogen-bond donors (Lipinski definition) is 2. The molecule has 0 heterocycles. The Hall–Kier alpha value is -1.51. The van der Waals surface area contributed by atoms with E-state index in [9.17, 15) is 9.90 Å². The number of carboxylic acid groups (broad SMARTS) is 1. The van der Waals surface area contributed by atoms with Gasteiger partial charge in [0.2, 0.25) is 0 Å². The lowest BCUT2D eigenvalue weighted by Crippen LogP contribution is -2.21. The van der Waals surface area contributed by atoms with Crippen LogP contribution in [0.1, 0.15) is 38.2 Å². The molecule has 0 radical (unpaired) electrons. The van der Waals surface area contributed by atoms with Crippen molar-refractivity contribution in [2.45, 2.75) is 32.6 Å². The van der Waals surface area contributed by atoms with Crippen LogP contribution >= 0.6 is 0 Å². The molecular weight excluding hydrogens is 202 g/mol. The minimum Gasteiger partial charge on any atom is -0.481 e. The smallest absolute Gasteiger partial charge is 0.311 e. The van der Waals surface area contributed by atoms with Gasteiger partial charge >= 0.3 is 5.97 Å². The minimum atomic E-state index is -0.786. The van der Waals surface area contributed by atoms with E-state index >= 15 is 0 Å². The summed E-state index contributed by atoms with van der Waals surface area (Å²) in [5, 5.41) is 9.33. The van der Waals surface area contributed by atoms with Gasteiger partial charge < -0.3 is 10.8 Å². The summed E-state index contributed by atoms with van der Waals surface area (Å²) >= 11 is 0. The first-order valence-electron chi connectivity index (χ1n) is 5.69. The van der Waals surface area contributed by atoms with E-state index in [0.29, 0.717) is 5.69 Å². The van der Waals surface area contributed by atoms with Gasteiger partial charge in [-0.2, -0.15) is 0 Å². The Morgan fingerprint density at radius 2 is 1.88 bits per heavy atom. The Bertz CT molecular complexity index is 359. The van der Waals surface area contributed by atoms with Crippen LogP contribution in [0.5, 0.6) is 0 Å². The Labute approximate surface area is 96.3 Å². The van der Waals surface area contributed by atoms with Gasteiger partial charge in [0.15, 0.2) is 0 Å². The van der Waals surface area contributed by atoms with Crippen molar-refractivity contribution in [3.63, 3.8) is 0 Å². The topological polar surface area (TPSA) is 63.3 Å². The average molecular weight is 221 g/mol. The molecule has 0 fully saturated rings. The van der Waals surface area contributed by atoms with Gasteiger partial charge in [-0.1, -0.05) is 44.9 Å². The average Bonchev–Trinajstić information content (AvgIpc) is 2.27. The van der Waals surface area contributed by atoms with Crippen molar-refractivity contribution in [1.29, 1.82) is 0 Å². The van der Waals surface area contributed by atoms with Crippen LogP contribution in [0.15, 0.2) is 24.3 Å². The van der Waals surface area contributed by atoms with Crippen molar-refractivity contribution in [2.75, 3.05) is 5.73 Å². The number of benzene rings is 1. The Morgan fingerprint density at radius 1 is 1.31 bits per heavy atom. The van der Waals surface area contributed by atoms with Crippen LogP contribution in [0, 0.1) is 5.92 Å². The van der Waals surface area contributed by atoms with Gasteiger partial charge in [0, 0.05) is 5.69 Å². The fourth-order valence-electron chi connectivity index (χ4n) is 2.14. The molecule has 0 bridgehead atoms. The number of aliphatic carboxylic acids is 1. The van der Waals surface area contributed by atoms with Crippen molar-refractivity contribution in [1.82, 2.24) is 0 Å². The molecule has 0 aliphatic rings. The second-order valence-electron chi connectivity index (χ2n) is 4.02. The highest BCUT2D eigenvalue weighted by molar-refractivity contribution is 5.79. The third-order valence-corrected chi connectivity index (χ3v) is 3.12. The number of nitrogens with two attached hydrogens (primary N) is 1. The summed E-state index contributed by atoms with van der Waals surface area (Å²) in [6.07, 6.45) is 1.70. The van der Waals surface area contributed by atoms with Crippen LogP contribution in [-0.2, 0) is 4.79 Å². The van der Waals surface area contributed by atoms with Gasteiger partial charge in [0.1, 0.15) is 0 Å². The number of para-hydroxylation sites is 1. The maximum atomic E-state index is 11.4. The molecule has 0 aliphatic carbocycles. The highest BCUT2D eigenvalue weighted by Gasteiger charge is 2.28. The van der Waals surface area contributed by atoms with Crippen LogP contribution in [0.25, 0.3) is 0 Å². The Kier molecular flexibility index (Phi) is 4.35. The van der Waals surface area contributed by atoms with Gasteiger partial charge in [0.05, 0.1) is 5.92 Å². The van der Waals surface area contributed by atoms with Crippen LogP contribution in [0.2, 0.25) is 0 Å². The molecule has 3 heteroatoms. The van der Waals surface area contributed by atoms with E-state index in [1.807, 2.05) is 32.0 Å². The number of anilines is 1. The molecule has 16 heavy (non-hydrogen) atoms. The zero-order valence-corrected chi connectivity index (χ0v) is 9.81. The van der Waals surface area contributed by atoms with Crippen molar-refractivity contribution in [3.8, 4) is 0 Å². The SMILES string of the molecule is CCC(CC)C(C(=O)O)c1ccccc1N. The summed E-state index contributed by atoms with van der Waals surface area (Å²) < 4.78 is 0. The molecule has 1 rings (SSSR count). The third kappa shape index (κ3) is 2.54. The van der Waals surface area contributed by atoms with Crippen molar-refractivity contribution in [3.05, 3.63) is 29.8 Å². The van der Waals surface area contributed by atoms with Crippen LogP contribution in [0.4, 0.5) is 5.69 Å². The lowest BCUT2D eigenvalue weighted by molar-refractivity contribution is -0.140. The summed E-state index contributed by atoms with van der Waals surface area (Å²) in [5.41, 5.74) is 7.15. The summed E-state index contributed by atoms with van der Waals surface area (Å²) in [6.45, 7) is 4.03. The van der Waals surface area contributed by atoms with E-state index in [-0.39, 0.29) is 5.92 Å². The molecule has 0 aromatic heterocycles. The van der Waals surface area contributed by atoms with E-state index < -0.39 is 11.9 Å². The van der Waals surface area contributed by atoms with Gasteiger partial charge in [-0.3, -0.25) is 4.79 Å². The number of carbonyl (C=O) groups is 1.